The summed E-state index contributed by atoms with van der Waals surface area (Å²) in [6, 6.07) is 15.2. The summed E-state index contributed by atoms with van der Waals surface area (Å²) in [5.74, 6) is 2.36. The maximum absolute atomic E-state index is 6.53. The first-order valence-corrected chi connectivity index (χ1v) is 13.4. The van der Waals surface area contributed by atoms with Crippen molar-refractivity contribution in [1.29, 1.82) is 0 Å². The highest BCUT2D eigenvalue weighted by molar-refractivity contribution is 5.61. The third-order valence-electron chi connectivity index (χ3n) is 7.56. The average molecular weight is 481 g/mol. The van der Waals surface area contributed by atoms with Crippen LogP contribution in [0.1, 0.15) is 55.6 Å². The van der Waals surface area contributed by atoms with Crippen LogP contribution in [0.2, 0.25) is 0 Å². The van der Waals surface area contributed by atoms with Gasteiger partial charge in [0.2, 0.25) is 0 Å². The van der Waals surface area contributed by atoms with Crippen molar-refractivity contribution in [3.8, 4) is 11.5 Å². The lowest BCUT2D eigenvalue weighted by atomic mass is 9.87. The van der Waals surface area contributed by atoms with E-state index in [-0.39, 0.29) is 6.10 Å². The van der Waals surface area contributed by atoms with Gasteiger partial charge in [-0.3, -0.25) is 0 Å². The molecule has 1 saturated carbocycles. The van der Waals surface area contributed by atoms with Crippen LogP contribution in [0.15, 0.2) is 42.5 Å². The van der Waals surface area contributed by atoms with Gasteiger partial charge in [-0.2, -0.15) is 0 Å². The molecule has 190 valence electrons. The Kier molecular flexibility index (Phi) is 8.45. The summed E-state index contributed by atoms with van der Waals surface area (Å²) < 4.78 is 23.8. The minimum atomic E-state index is 0.149. The molecule has 2 aromatic rings. The molecule has 1 saturated heterocycles. The number of piperidine rings is 1. The number of ether oxygens (including phenoxy) is 4. The monoisotopic (exact) mass is 480 g/mol. The van der Waals surface area contributed by atoms with Crippen LogP contribution in [0.5, 0.6) is 11.5 Å². The predicted octanol–water partition coefficient (Wildman–Crippen LogP) is 4.91. The summed E-state index contributed by atoms with van der Waals surface area (Å²) in [5, 5.41) is 3.53. The molecule has 0 spiro atoms. The lowest BCUT2D eigenvalue weighted by molar-refractivity contribution is 0.0106. The van der Waals surface area contributed by atoms with Crippen molar-refractivity contribution in [2.45, 2.75) is 63.3 Å². The highest BCUT2D eigenvalue weighted by Gasteiger charge is 2.28. The molecule has 0 bridgehead atoms. The fourth-order valence-electron chi connectivity index (χ4n) is 5.62. The van der Waals surface area contributed by atoms with Crippen LogP contribution < -0.4 is 19.7 Å². The molecule has 2 heterocycles. The Hall–Kier alpha value is -2.28. The van der Waals surface area contributed by atoms with E-state index in [1.54, 1.807) is 7.11 Å². The molecule has 0 amide bonds. The summed E-state index contributed by atoms with van der Waals surface area (Å²) in [6.07, 6.45) is 7.59. The van der Waals surface area contributed by atoms with Gasteiger partial charge in [0.1, 0.15) is 18.1 Å². The van der Waals surface area contributed by atoms with Crippen molar-refractivity contribution in [3.05, 3.63) is 53.6 Å². The number of methoxy groups -OCH3 is 1. The van der Waals surface area contributed by atoms with Crippen LogP contribution in [-0.4, -0.2) is 58.7 Å². The van der Waals surface area contributed by atoms with E-state index in [0.29, 0.717) is 18.6 Å². The molecule has 5 rings (SSSR count). The molecule has 2 atom stereocenters. The summed E-state index contributed by atoms with van der Waals surface area (Å²) in [6.45, 7) is 5.90. The summed E-state index contributed by atoms with van der Waals surface area (Å²) in [7, 11) is 1.76. The van der Waals surface area contributed by atoms with Crippen LogP contribution >= 0.6 is 0 Å². The van der Waals surface area contributed by atoms with Gasteiger partial charge in [0.05, 0.1) is 31.0 Å². The van der Waals surface area contributed by atoms with E-state index in [1.807, 2.05) is 0 Å². The maximum atomic E-state index is 6.53. The van der Waals surface area contributed by atoms with Gasteiger partial charge < -0.3 is 29.2 Å². The number of nitrogens with zero attached hydrogens (tertiary/aromatic N) is 1. The van der Waals surface area contributed by atoms with Crippen LogP contribution in [0.3, 0.4) is 0 Å². The van der Waals surface area contributed by atoms with Crippen LogP contribution in [0.4, 0.5) is 5.69 Å². The van der Waals surface area contributed by atoms with E-state index in [1.165, 1.54) is 42.5 Å². The molecule has 6 nitrogen and oxygen atoms in total. The van der Waals surface area contributed by atoms with Gasteiger partial charge in [-0.1, -0.05) is 18.2 Å². The van der Waals surface area contributed by atoms with Gasteiger partial charge in [-0.25, -0.2) is 0 Å². The van der Waals surface area contributed by atoms with Crippen molar-refractivity contribution < 1.29 is 18.9 Å². The fourth-order valence-corrected chi connectivity index (χ4v) is 5.62. The molecule has 2 aromatic carbocycles. The lowest BCUT2D eigenvalue weighted by Gasteiger charge is -2.33. The molecule has 35 heavy (non-hydrogen) atoms. The van der Waals surface area contributed by atoms with E-state index in [2.05, 4.69) is 52.7 Å². The number of rotatable bonds is 10. The van der Waals surface area contributed by atoms with Crippen molar-refractivity contribution >= 4 is 5.69 Å². The van der Waals surface area contributed by atoms with Crippen molar-refractivity contribution in [2.75, 3.05) is 51.4 Å². The van der Waals surface area contributed by atoms with Gasteiger partial charge in [-0.15, -0.1) is 0 Å². The smallest absolute Gasteiger partial charge is 0.142 e. The Morgan fingerprint density at radius 3 is 2.74 bits per heavy atom. The Morgan fingerprint density at radius 2 is 1.91 bits per heavy atom. The molecule has 6 heteroatoms. The highest BCUT2D eigenvalue weighted by Crippen LogP contribution is 2.34. The van der Waals surface area contributed by atoms with Crippen LogP contribution in [-0.2, 0) is 16.1 Å². The number of hydrogen-bond donors (Lipinski definition) is 1. The molecule has 0 radical (unpaired) electrons. The maximum Gasteiger partial charge on any atom is 0.142 e. The first-order chi connectivity index (χ1) is 17.3. The van der Waals surface area contributed by atoms with Crippen LogP contribution in [0.25, 0.3) is 0 Å². The number of fused-ring (bicyclic) bond motifs is 1. The summed E-state index contributed by atoms with van der Waals surface area (Å²) >= 11 is 0. The summed E-state index contributed by atoms with van der Waals surface area (Å²) in [4.78, 5) is 2.40. The average Bonchev–Trinajstić information content (AvgIpc) is 3.41. The van der Waals surface area contributed by atoms with Gasteiger partial charge in [-0.05, 0) is 80.5 Å². The number of hydrogen-bond acceptors (Lipinski definition) is 6. The normalized spacial score (nSPS) is 22.6. The number of benzene rings is 2. The highest BCUT2D eigenvalue weighted by atomic mass is 16.5. The standard InChI is InChI=1S/C29H40N2O4/c1-32-17-4-15-31-16-18-33-28-12-7-22(19-27(28)31)21-34-29-20-30-14-13-26(29)23-8-10-25(11-9-23)35-24-5-2-3-6-24/h7-12,19,24,26,29-30H,2-6,13-18,20-21H2,1H3/t26-,29+/m1/s1. The number of anilines is 1. The van der Waals surface area contributed by atoms with Gasteiger partial charge >= 0.3 is 0 Å². The van der Waals surface area contributed by atoms with Crippen molar-refractivity contribution in [3.63, 3.8) is 0 Å². The Bertz CT molecular complexity index is 929. The molecule has 1 aliphatic carbocycles. The fraction of sp³-hybridized carbons (Fsp3) is 0.586. The number of nitrogens with one attached hydrogen (secondary N) is 1. The first-order valence-electron chi connectivity index (χ1n) is 13.4. The molecule has 2 fully saturated rings. The Morgan fingerprint density at radius 1 is 1.06 bits per heavy atom. The van der Waals surface area contributed by atoms with E-state index < -0.39 is 0 Å². The minimum absolute atomic E-state index is 0.149. The Balaban J connectivity index is 1.21. The van der Waals surface area contributed by atoms with E-state index in [0.717, 1.165) is 63.7 Å². The quantitative estimate of drug-likeness (QED) is 0.488. The van der Waals surface area contributed by atoms with E-state index in [4.69, 9.17) is 18.9 Å². The third-order valence-corrected chi connectivity index (χ3v) is 7.56. The first kappa shape index (κ1) is 24.4. The lowest BCUT2D eigenvalue weighted by Crippen LogP contribution is -2.41. The zero-order valence-corrected chi connectivity index (χ0v) is 21.0. The second-order valence-electron chi connectivity index (χ2n) is 10.0. The van der Waals surface area contributed by atoms with Crippen LogP contribution in [0, 0.1) is 0 Å². The van der Waals surface area contributed by atoms with Gasteiger partial charge in [0.25, 0.3) is 0 Å². The largest absolute Gasteiger partial charge is 0.490 e. The summed E-state index contributed by atoms with van der Waals surface area (Å²) in [5.41, 5.74) is 3.71. The SMILES string of the molecule is COCCCN1CCOc2ccc(CO[C@H]3CNCC[C@@H]3c3ccc(OC4CCCC4)cc3)cc21. The van der Waals surface area contributed by atoms with Crippen molar-refractivity contribution in [2.24, 2.45) is 0 Å². The van der Waals surface area contributed by atoms with E-state index in [9.17, 15) is 0 Å². The topological polar surface area (TPSA) is 52.2 Å². The zero-order valence-electron chi connectivity index (χ0n) is 21.0. The van der Waals surface area contributed by atoms with Gasteiger partial charge in [0.15, 0.2) is 0 Å². The molecule has 0 unspecified atom stereocenters. The van der Waals surface area contributed by atoms with Crippen molar-refractivity contribution in [1.82, 2.24) is 5.32 Å². The second kappa shape index (κ2) is 12.1. The molecule has 3 aliphatic rings. The Labute approximate surface area is 209 Å². The molecule has 0 aromatic heterocycles. The van der Waals surface area contributed by atoms with E-state index >= 15 is 0 Å². The second-order valence-corrected chi connectivity index (χ2v) is 10.0. The third kappa shape index (κ3) is 6.29. The zero-order chi connectivity index (χ0) is 23.9. The molecular weight excluding hydrogens is 440 g/mol. The molecule has 1 N–H and O–H groups in total. The predicted molar refractivity (Wildman–Crippen MR) is 139 cm³/mol. The minimum Gasteiger partial charge on any atom is -0.490 e. The molecular formula is C29H40N2O4. The van der Waals surface area contributed by atoms with Gasteiger partial charge in [0, 0.05) is 32.7 Å². The molecule has 2 aliphatic heterocycles.